The summed E-state index contributed by atoms with van der Waals surface area (Å²) in [5.41, 5.74) is 1.08. The second kappa shape index (κ2) is 18.4. The Morgan fingerprint density at radius 2 is 1.27 bits per heavy atom. The normalized spacial score (nSPS) is 26.3. The first-order chi connectivity index (χ1) is 23.2. The van der Waals surface area contributed by atoms with E-state index < -0.39 is 91.6 Å². The van der Waals surface area contributed by atoms with Crippen molar-refractivity contribution < 1.29 is 71.4 Å². The first-order valence-corrected chi connectivity index (χ1v) is 15.7. The molecule has 0 radical (unpaired) electrons. The predicted molar refractivity (Wildman–Crippen MR) is 161 cm³/mol. The molecule has 0 N–H and O–H groups in total. The zero-order valence-electron chi connectivity index (χ0n) is 28.5. The summed E-state index contributed by atoms with van der Waals surface area (Å²) >= 11 is 0. The van der Waals surface area contributed by atoms with Gasteiger partial charge in [0.2, 0.25) is 0 Å². The van der Waals surface area contributed by atoms with Crippen LogP contribution in [0.15, 0.2) is 12.2 Å². The summed E-state index contributed by atoms with van der Waals surface area (Å²) in [5, 5.41) is 8.62. The van der Waals surface area contributed by atoms with Crippen LogP contribution in [0.2, 0.25) is 0 Å². The molecule has 1 aromatic rings. The van der Waals surface area contributed by atoms with E-state index in [1.165, 1.54) is 25.5 Å². The Morgan fingerprint density at radius 1 is 0.694 bits per heavy atom. The summed E-state index contributed by atoms with van der Waals surface area (Å²) < 4.78 is 51.6. The van der Waals surface area contributed by atoms with Crippen LogP contribution in [0, 0.1) is 0 Å². The van der Waals surface area contributed by atoms with Crippen LogP contribution in [0.1, 0.15) is 72.5 Å². The molecule has 3 rings (SSSR count). The molecule has 0 aliphatic carbocycles. The van der Waals surface area contributed by atoms with Gasteiger partial charge in [-0.3, -0.25) is 28.8 Å². The Balaban J connectivity index is 1.94. The minimum Gasteiger partial charge on any atom is -0.463 e. The van der Waals surface area contributed by atoms with E-state index in [4.69, 9.17) is 42.6 Å². The Hall–Kier alpha value is -4.42. The number of rotatable bonds is 15. The molecule has 272 valence electrons. The number of nitrogens with zero attached hydrogens (tertiary/aromatic N) is 3. The van der Waals surface area contributed by atoms with Gasteiger partial charge in [0, 0.05) is 48.0 Å². The lowest BCUT2D eigenvalue weighted by molar-refractivity contribution is -0.271. The SMILES string of the molecule is CCCc1nnn([C@@H]2O[C@H](COC(C)=O)[C@@H](OC(C)=O)[C@H](OC(C)=O)[C@H]2OC(C)=O)c1CCO[C@@H]1C=C[C@H](OC(C)=O)[C@@H](COC(C)=O)O1. The average molecular weight is 698 g/mol. The summed E-state index contributed by atoms with van der Waals surface area (Å²) in [4.78, 5) is 71.4. The average Bonchev–Trinajstić information content (AvgIpc) is 3.39. The number of ether oxygens (including phenoxy) is 9. The second-order valence-electron chi connectivity index (χ2n) is 11.2. The molecule has 0 unspecified atom stereocenters. The van der Waals surface area contributed by atoms with Crippen LogP contribution in [0.25, 0.3) is 0 Å². The molecular formula is C31H43N3O15. The van der Waals surface area contributed by atoms with E-state index in [9.17, 15) is 28.8 Å². The second-order valence-corrected chi connectivity index (χ2v) is 11.2. The summed E-state index contributed by atoms with van der Waals surface area (Å²) in [6.07, 6.45) is -4.65. The van der Waals surface area contributed by atoms with Crippen LogP contribution < -0.4 is 0 Å². The van der Waals surface area contributed by atoms with E-state index in [0.29, 0.717) is 24.2 Å². The number of esters is 6. The van der Waals surface area contributed by atoms with Gasteiger partial charge in [0.1, 0.15) is 31.5 Å². The van der Waals surface area contributed by atoms with Crippen LogP contribution >= 0.6 is 0 Å². The third-order valence-electron chi connectivity index (χ3n) is 7.07. The highest BCUT2D eigenvalue weighted by Crippen LogP contribution is 2.35. The number of hydrogen-bond donors (Lipinski definition) is 0. The van der Waals surface area contributed by atoms with Gasteiger partial charge in [-0.2, -0.15) is 0 Å². The maximum atomic E-state index is 12.3. The molecule has 1 saturated heterocycles. The fourth-order valence-corrected chi connectivity index (χ4v) is 5.27. The van der Waals surface area contributed by atoms with Gasteiger partial charge in [0.05, 0.1) is 18.0 Å². The van der Waals surface area contributed by atoms with Gasteiger partial charge in [-0.05, 0) is 18.6 Å². The maximum absolute atomic E-state index is 12.3. The van der Waals surface area contributed by atoms with E-state index in [2.05, 4.69) is 10.3 Å². The van der Waals surface area contributed by atoms with Crippen molar-refractivity contribution in [3.8, 4) is 0 Å². The quantitative estimate of drug-likeness (QED) is 0.141. The molecule has 0 saturated carbocycles. The Morgan fingerprint density at radius 3 is 1.84 bits per heavy atom. The maximum Gasteiger partial charge on any atom is 0.303 e. The zero-order valence-corrected chi connectivity index (χ0v) is 28.5. The number of aryl methyl sites for hydroxylation is 1. The third kappa shape index (κ3) is 11.6. The minimum atomic E-state index is -1.40. The third-order valence-corrected chi connectivity index (χ3v) is 7.07. The van der Waals surface area contributed by atoms with E-state index in [-0.39, 0.29) is 19.6 Å². The predicted octanol–water partition coefficient (Wildman–Crippen LogP) is 0.821. The van der Waals surface area contributed by atoms with Gasteiger partial charge < -0.3 is 42.6 Å². The van der Waals surface area contributed by atoms with E-state index in [0.717, 1.165) is 20.8 Å². The van der Waals surface area contributed by atoms with Gasteiger partial charge >= 0.3 is 35.8 Å². The van der Waals surface area contributed by atoms with Crippen molar-refractivity contribution in [1.29, 1.82) is 0 Å². The van der Waals surface area contributed by atoms with Gasteiger partial charge in [-0.15, -0.1) is 5.10 Å². The Labute approximate surface area is 282 Å². The number of hydrogen-bond acceptors (Lipinski definition) is 17. The molecule has 2 aliphatic rings. The summed E-state index contributed by atoms with van der Waals surface area (Å²) in [7, 11) is 0. The lowest BCUT2D eigenvalue weighted by Crippen LogP contribution is -2.60. The van der Waals surface area contributed by atoms with Crippen molar-refractivity contribution in [2.24, 2.45) is 0 Å². The van der Waals surface area contributed by atoms with Crippen LogP contribution in [0.5, 0.6) is 0 Å². The van der Waals surface area contributed by atoms with E-state index in [1.54, 1.807) is 12.2 Å². The summed E-state index contributed by atoms with van der Waals surface area (Å²) in [6.45, 7) is 8.46. The highest BCUT2D eigenvalue weighted by Gasteiger charge is 2.53. The van der Waals surface area contributed by atoms with E-state index in [1.807, 2.05) is 6.92 Å². The number of carbonyl (C=O) groups excluding carboxylic acids is 6. The van der Waals surface area contributed by atoms with Gasteiger partial charge in [0.15, 0.2) is 30.8 Å². The molecule has 0 aromatic carbocycles. The van der Waals surface area contributed by atoms with Gasteiger partial charge in [0.25, 0.3) is 0 Å². The van der Waals surface area contributed by atoms with Crippen molar-refractivity contribution in [2.45, 2.75) is 117 Å². The van der Waals surface area contributed by atoms with Gasteiger partial charge in [-0.25, -0.2) is 4.68 Å². The summed E-state index contributed by atoms with van der Waals surface area (Å²) in [5.74, 6) is -4.01. The molecule has 8 atom stereocenters. The number of carbonyl (C=O) groups is 6. The molecular weight excluding hydrogens is 654 g/mol. The fraction of sp³-hybridized carbons (Fsp3) is 0.677. The Kier molecular flexibility index (Phi) is 14.6. The standard InChI is InChI=1S/C31H43N3O15/c1-8-9-22-23(12-13-41-27-11-10-24(44-18(4)37)25(48-27)14-42-16(2)35)34(33-32-22)31-30(47-21(7)40)29(46-20(6)39)28(45-19(5)38)26(49-31)15-43-17(3)36/h10-11,24-31H,8-9,12-15H2,1-7H3/t24-,25+,26+,27-,28+,29-,30+,31+/m0/s1. The van der Waals surface area contributed by atoms with Crippen LogP contribution in [-0.4, -0.2) is 114 Å². The van der Waals surface area contributed by atoms with Gasteiger partial charge in [-0.1, -0.05) is 18.6 Å². The zero-order chi connectivity index (χ0) is 36.2. The van der Waals surface area contributed by atoms with Crippen LogP contribution in [-0.2, 0) is 84.2 Å². The van der Waals surface area contributed by atoms with Crippen molar-refractivity contribution in [1.82, 2.24) is 15.0 Å². The van der Waals surface area contributed by atoms with Crippen molar-refractivity contribution in [3.05, 3.63) is 23.5 Å². The molecule has 0 amide bonds. The minimum absolute atomic E-state index is 0.0306. The van der Waals surface area contributed by atoms with E-state index >= 15 is 0 Å². The topological polar surface area (TPSA) is 216 Å². The molecule has 1 aromatic heterocycles. The van der Waals surface area contributed by atoms with Crippen molar-refractivity contribution >= 4 is 35.8 Å². The molecule has 0 spiro atoms. The highest BCUT2D eigenvalue weighted by atomic mass is 16.7. The first-order valence-electron chi connectivity index (χ1n) is 15.7. The highest BCUT2D eigenvalue weighted by molar-refractivity contribution is 5.69. The van der Waals surface area contributed by atoms with Crippen molar-refractivity contribution in [3.63, 3.8) is 0 Å². The monoisotopic (exact) mass is 697 g/mol. The van der Waals surface area contributed by atoms with Crippen molar-refractivity contribution in [2.75, 3.05) is 19.8 Å². The fourth-order valence-electron chi connectivity index (χ4n) is 5.27. The molecule has 1 fully saturated rings. The smallest absolute Gasteiger partial charge is 0.303 e. The molecule has 3 heterocycles. The molecule has 2 aliphatic heterocycles. The largest absolute Gasteiger partial charge is 0.463 e. The lowest BCUT2D eigenvalue weighted by atomic mass is 9.97. The molecule has 0 bridgehead atoms. The van der Waals surface area contributed by atoms with Crippen LogP contribution in [0.3, 0.4) is 0 Å². The first kappa shape index (κ1) is 39.0. The Bertz CT molecular complexity index is 1380. The lowest BCUT2D eigenvalue weighted by Gasteiger charge is -2.44. The molecule has 18 heteroatoms. The number of aromatic nitrogens is 3. The van der Waals surface area contributed by atoms with Crippen LogP contribution in [0.4, 0.5) is 0 Å². The summed E-state index contributed by atoms with van der Waals surface area (Å²) in [6, 6.07) is 0. The molecule has 49 heavy (non-hydrogen) atoms. The molecule has 18 nitrogen and oxygen atoms in total.